The Kier molecular flexibility index (Phi) is 31.3. The number of methoxy groups -OCH3 is 6. The Morgan fingerprint density at radius 3 is 0.766 bits per heavy atom. The maximum Gasteiger partial charge on any atom is 0.355 e. The summed E-state index contributed by atoms with van der Waals surface area (Å²) in [5.74, 6) is 0.862. The lowest BCUT2D eigenvalue weighted by Gasteiger charge is -2.10. The molecule has 32 nitrogen and oxygen atoms in total. The van der Waals surface area contributed by atoms with Crippen LogP contribution in [0.1, 0.15) is 0 Å². The maximum atomic E-state index is 13.2. The van der Waals surface area contributed by atoms with E-state index in [0.29, 0.717) is 66.1 Å². The number of halogens is 7. The van der Waals surface area contributed by atoms with E-state index >= 15 is 0 Å². The van der Waals surface area contributed by atoms with Gasteiger partial charge in [0.25, 0.3) is 0 Å². The first-order valence-electron chi connectivity index (χ1n) is 39.6. The molecule has 0 atom stereocenters. The number of hydrogen-bond donors (Lipinski definition) is 2. The van der Waals surface area contributed by atoms with Crippen LogP contribution in [0.5, 0.6) is 46.0 Å². The zero-order valence-electron chi connectivity index (χ0n) is 72.7. The number of hydrogen-bond acceptors (Lipinski definition) is 32. The Hall–Kier alpha value is -14.7. The predicted octanol–water partition coefficient (Wildman–Crippen LogP) is 18.8. The first kappa shape index (κ1) is 104. The Bertz CT molecular complexity index is 8990. The zero-order valence-corrected chi connectivity index (χ0v) is 81.4. The van der Waals surface area contributed by atoms with Crippen LogP contribution in [0.4, 0.5) is 8.78 Å². The second-order valence-electron chi connectivity index (χ2n) is 29.0. The van der Waals surface area contributed by atoms with E-state index in [1.165, 1.54) is 206 Å². The monoisotopic (exact) mass is 2130 g/mol. The molecule has 0 aliphatic rings. The first-order valence-corrected chi connectivity index (χ1v) is 50.4. The Labute approximate surface area is 820 Å². The van der Waals surface area contributed by atoms with Gasteiger partial charge < -0.3 is 65.1 Å². The number of benzene rings is 12. The molecule has 6 heterocycles. The van der Waals surface area contributed by atoms with Crippen molar-refractivity contribution in [1.82, 2.24) is 0 Å². The SMILES string of the molecule is COc1ccc2cc(S(=O)(=O)c3ccc(Cl)c(Cl)c3)c(=O)oc2c1.COc1ccc2cc(S(=O)(=O)c3ccc(Cl)cc3)c(=O)oc2c1.COc1ccc2cc(S(=O)(=O)c3ccc(F)c(Cl)c3)c(=O)oc2c1.COc1ccc2cc(S(=O)(=O)c3ccc(OC)c(OC)c3)c(=O)oc2c1.O=c1oc2cc(O)ccc2cc1S(=O)(=O)c1ccc(F)c(Cl)c1.O=c1oc2cc(O)ccc2cc1S(=O)(=O)c1ccccc1. The van der Waals surface area contributed by atoms with E-state index in [1.807, 2.05) is 0 Å². The molecule has 141 heavy (non-hydrogen) atoms. The van der Waals surface area contributed by atoms with E-state index in [9.17, 15) is 98.3 Å². The molecule has 18 rings (SSSR count). The lowest BCUT2D eigenvalue weighted by atomic mass is 10.2. The molecule has 0 radical (unpaired) electrons. The third kappa shape index (κ3) is 22.8. The summed E-state index contributed by atoms with van der Waals surface area (Å²) >= 11 is 28.6. The zero-order chi connectivity index (χ0) is 102. The fraction of sp³-hybridized carbons (Fsp3) is 0.0625. The maximum absolute atomic E-state index is 13.2. The second kappa shape index (κ2) is 42.6. The highest BCUT2D eigenvalue weighted by Gasteiger charge is 2.32. The number of sulfone groups is 6. The smallest absolute Gasteiger partial charge is 0.355 e. The standard InChI is InChI=1S/C18H16O7S.C16H10Cl2O5S.C16H10ClFO5S.C16H11ClO5S.C15H8ClFO5S.C15H10O5S/c1-22-12-5-4-11-8-17(18(19)25-15(11)9-12)26(20,21)13-6-7-14(23-2)16(10-13)24-3;1-22-10-3-2-9-6-15(16(19)23-14(9)7-10)24(20,21)11-4-5-12(17)13(18)8-11;1-22-10-3-2-9-6-15(16(19)23-14(9)7-10)24(20,21)11-4-5-13(18)12(17)8-11;1-21-12-5-2-10-8-15(16(18)22-14(10)9-12)23(19,20)13-6-3-11(17)4-7-13;16-11-7-10(3-4-12(11)17)23(20,21)14-5-8-1-2-9(18)6-13(8)22-15(14)19;16-11-7-6-10-8-14(15(17)20-13(10)9-11)21(18,19)12-4-2-1-3-5-12/h4-10H,1-3H3;2*2-8H,1H3;2-9H,1H3;1-7,18H;1-9,16H. The van der Waals surface area contributed by atoms with Crippen LogP contribution in [0.25, 0.3) is 65.8 Å². The van der Waals surface area contributed by atoms with Crippen molar-refractivity contribution >= 4 is 183 Å². The largest absolute Gasteiger partial charge is 0.508 e. The van der Waals surface area contributed by atoms with Crippen molar-refractivity contribution < 1.29 is 124 Å². The molecule has 45 heteroatoms. The lowest BCUT2D eigenvalue weighted by molar-refractivity contribution is 0.354. The van der Waals surface area contributed by atoms with Gasteiger partial charge in [0.05, 0.1) is 92.1 Å². The summed E-state index contributed by atoms with van der Waals surface area (Å²) < 4.78 is 239. The highest BCUT2D eigenvalue weighted by atomic mass is 35.5. The van der Waals surface area contributed by atoms with Crippen molar-refractivity contribution in [3.05, 3.63) is 372 Å². The summed E-state index contributed by atoms with van der Waals surface area (Å²) in [5.41, 5.74) is -4.86. The summed E-state index contributed by atoms with van der Waals surface area (Å²) in [6, 6.07) is 61.4. The van der Waals surface area contributed by atoms with Gasteiger partial charge in [-0.05, 0) is 212 Å². The van der Waals surface area contributed by atoms with E-state index in [-0.39, 0.29) is 100 Å². The molecule has 6 aromatic heterocycles. The van der Waals surface area contributed by atoms with Gasteiger partial charge >= 0.3 is 33.8 Å². The molecule has 0 saturated carbocycles. The summed E-state index contributed by atoms with van der Waals surface area (Å²) in [7, 11) is -15.8. The van der Waals surface area contributed by atoms with E-state index in [4.69, 9.17) is 113 Å². The summed E-state index contributed by atoms with van der Waals surface area (Å²) in [4.78, 5) is 68.8. The first-order chi connectivity index (χ1) is 66.7. The minimum Gasteiger partial charge on any atom is -0.508 e. The minimum atomic E-state index is -4.23. The molecular weight excluding hydrogens is 2070 g/mol. The highest BCUT2D eigenvalue weighted by Crippen LogP contribution is 2.37. The topological polar surface area (TPSA) is 482 Å². The van der Waals surface area contributed by atoms with Crippen LogP contribution in [0.2, 0.25) is 25.1 Å². The van der Waals surface area contributed by atoms with Crippen LogP contribution in [0, 0.1) is 11.6 Å². The van der Waals surface area contributed by atoms with Crippen LogP contribution in [0.15, 0.2) is 387 Å². The molecule has 0 aliphatic heterocycles. The molecule has 0 unspecified atom stereocenters. The third-order valence-corrected chi connectivity index (χ3v) is 32.2. The summed E-state index contributed by atoms with van der Waals surface area (Å²) in [6.45, 7) is 0. The number of phenols is 2. The lowest BCUT2D eigenvalue weighted by Crippen LogP contribution is -2.14. The normalized spacial score (nSPS) is 11.6. The quantitative estimate of drug-likeness (QED) is 0.0595. The molecule has 0 bridgehead atoms. The van der Waals surface area contributed by atoms with Gasteiger partial charge in [-0.1, -0.05) is 76.2 Å². The van der Waals surface area contributed by atoms with Gasteiger partial charge in [0.15, 0.2) is 40.9 Å². The molecule has 2 N–H and O–H groups in total. The minimum absolute atomic E-state index is 0.0235. The van der Waals surface area contributed by atoms with Crippen molar-refractivity contribution in [2.45, 2.75) is 58.7 Å². The van der Waals surface area contributed by atoms with Gasteiger partial charge in [0.2, 0.25) is 59.0 Å². The fourth-order valence-corrected chi connectivity index (χ4v) is 21.8. The predicted molar refractivity (Wildman–Crippen MR) is 514 cm³/mol. The molecule has 0 saturated heterocycles. The fourth-order valence-electron chi connectivity index (χ4n) is 13.0. The van der Waals surface area contributed by atoms with Gasteiger partial charge in [-0.15, -0.1) is 0 Å². The molecule has 0 aliphatic carbocycles. The van der Waals surface area contributed by atoms with Gasteiger partial charge in [-0.25, -0.2) is 88.1 Å². The van der Waals surface area contributed by atoms with Crippen molar-refractivity contribution in [2.24, 2.45) is 0 Å². The molecular formula is C96H65Cl5F2O32S6. The Morgan fingerprint density at radius 2 is 0.482 bits per heavy atom. The van der Waals surface area contributed by atoms with Crippen molar-refractivity contribution in [3.8, 4) is 46.0 Å². The van der Waals surface area contributed by atoms with Gasteiger partial charge in [0.1, 0.15) is 79.6 Å². The molecule has 12 aromatic carbocycles. The molecule has 18 aromatic rings. The van der Waals surface area contributed by atoms with E-state index in [0.717, 1.165) is 42.5 Å². The average molecular weight is 2140 g/mol. The summed E-state index contributed by atoms with van der Waals surface area (Å²) in [5, 5.41) is 21.2. The molecule has 726 valence electrons. The van der Waals surface area contributed by atoms with Gasteiger partial charge in [-0.2, -0.15) is 0 Å². The van der Waals surface area contributed by atoms with E-state index in [1.54, 1.807) is 66.7 Å². The third-order valence-electron chi connectivity index (χ3n) is 20.2. The number of ether oxygens (including phenoxy) is 6. The van der Waals surface area contributed by atoms with Crippen molar-refractivity contribution in [3.63, 3.8) is 0 Å². The van der Waals surface area contributed by atoms with E-state index in [2.05, 4.69) is 0 Å². The van der Waals surface area contributed by atoms with Crippen molar-refractivity contribution in [1.29, 1.82) is 0 Å². The van der Waals surface area contributed by atoms with Crippen LogP contribution >= 0.6 is 58.0 Å². The van der Waals surface area contributed by atoms with Crippen LogP contribution in [0.3, 0.4) is 0 Å². The van der Waals surface area contributed by atoms with Gasteiger partial charge in [-0.3, -0.25) is 0 Å². The number of phenolic OH excluding ortho intramolecular Hbond substituents is 2. The number of aromatic hydroxyl groups is 2. The molecule has 0 amide bonds. The van der Waals surface area contributed by atoms with Crippen LogP contribution in [-0.2, 0) is 59.0 Å². The Morgan fingerprint density at radius 1 is 0.234 bits per heavy atom. The summed E-state index contributed by atoms with van der Waals surface area (Å²) in [6.07, 6.45) is 0. The average Bonchev–Trinajstić information content (AvgIpc) is 0.783. The number of rotatable bonds is 18. The van der Waals surface area contributed by atoms with Gasteiger partial charge in [0, 0.05) is 79.8 Å². The molecule has 0 spiro atoms. The van der Waals surface area contributed by atoms with Crippen LogP contribution < -0.4 is 62.2 Å². The van der Waals surface area contributed by atoms with E-state index < -0.39 is 134 Å². The number of fused-ring (bicyclic) bond motifs is 6. The molecule has 0 fully saturated rings. The second-order valence-corrected chi connectivity index (χ2v) is 42.6. The van der Waals surface area contributed by atoms with Crippen molar-refractivity contribution in [2.75, 3.05) is 42.7 Å². The van der Waals surface area contributed by atoms with Crippen LogP contribution in [-0.4, -0.2) is 103 Å². The highest BCUT2D eigenvalue weighted by molar-refractivity contribution is 7.93. The Balaban J connectivity index is 0.000000142.